The van der Waals surface area contributed by atoms with E-state index in [0.717, 1.165) is 38.5 Å². The van der Waals surface area contributed by atoms with Crippen LogP contribution < -0.4 is 10.6 Å². The molecule has 2 fully saturated rings. The maximum atomic E-state index is 12.3. The van der Waals surface area contributed by atoms with Gasteiger partial charge in [-0.3, -0.25) is 9.69 Å². The summed E-state index contributed by atoms with van der Waals surface area (Å²) in [7, 11) is 0. The summed E-state index contributed by atoms with van der Waals surface area (Å²) >= 11 is 0. The van der Waals surface area contributed by atoms with Crippen molar-refractivity contribution < 1.29 is 19.8 Å². The summed E-state index contributed by atoms with van der Waals surface area (Å²) in [6.07, 6.45) is 7.18. The van der Waals surface area contributed by atoms with Crippen LogP contribution in [0.3, 0.4) is 0 Å². The Bertz CT molecular complexity index is 461. The van der Waals surface area contributed by atoms with Crippen molar-refractivity contribution in [2.45, 2.75) is 76.4 Å². The molecule has 0 bridgehead atoms. The molecule has 2 amide bonds. The lowest BCUT2D eigenvalue weighted by Crippen LogP contribution is -2.61. The van der Waals surface area contributed by atoms with Gasteiger partial charge in [0.2, 0.25) is 0 Å². The van der Waals surface area contributed by atoms with Crippen molar-refractivity contribution in [2.24, 2.45) is 5.92 Å². The number of rotatable bonds is 8. The standard InChI is InChI=1S/C18H33N3O4/c1-3-21(11-16(23)24)15-9-14(10-15)19-17(25)20-18(2,12-22)13-7-5-4-6-8-13/h13-15,22H,3-12H2,1-2H3,(H,23,24)(H2,19,20,25). The first-order valence-electron chi connectivity index (χ1n) is 9.53. The summed E-state index contributed by atoms with van der Waals surface area (Å²) in [6.45, 7) is 4.57. The number of aliphatic hydroxyl groups is 1. The number of hydrogen-bond donors (Lipinski definition) is 4. The van der Waals surface area contributed by atoms with Gasteiger partial charge in [0.05, 0.1) is 18.7 Å². The average molecular weight is 355 g/mol. The summed E-state index contributed by atoms with van der Waals surface area (Å²) in [5, 5.41) is 24.7. The Kier molecular flexibility index (Phi) is 7.07. The van der Waals surface area contributed by atoms with E-state index >= 15 is 0 Å². The molecule has 0 aromatic carbocycles. The van der Waals surface area contributed by atoms with Crippen LogP contribution in [0.5, 0.6) is 0 Å². The Hall–Kier alpha value is -1.34. The molecule has 0 spiro atoms. The molecule has 2 saturated carbocycles. The highest BCUT2D eigenvalue weighted by atomic mass is 16.4. The van der Waals surface area contributed by atoms with Crippen molar-refractivity contribution in [1.29, 1.82) is 0 Å². The first-order chi connectivity index (χ1) is 11.9. The molecule has 144 valence electrons. The molecule has 25 heavy (non-hydrogen) atoms. The van der Waals surface area contributed by atoms with Gasteiger partial charge in [-0.1, -0.05) is 26.2 Å². The third-order valence-corrected chi connectivity index (χ3v) is 5.94. The van der Waals surface area contributed by atoms with Crippen LogP contribution in [0, 0.1) is 5.92 Å². The predicted molar refractivity (Wildman–Crippen MR) is 95.4 cm³/mol. The maximum Gasteiger partial charge on any atom is 0.317 e. The summed E-state index contributed by atoms with van der Waals surface area (Å²) in [4.78, 5) is 25.1. The zero-order valence-corrected chi connectivity index (χ0v) is 15.5. The number of nitrogens with one attached hydrogen (secondary N) is 2. The summed E-state index contributed by atoms with van der Waals surface area (Å²) in [5.74, 6) is -0.500. The normalized spacial score (nSPS) is 26.6. The highest BCUT2D eigenvalue weighted by molar-refractivity contribution is 5.75. The Morgan fingerprint density at radius 3 is 2.36 bits per heavy atom. The zero-order valence-electron chi connectivity index (χ0n) is 15.5. The third kappa shape index (κ3) is 5.31. The number of nitrogens with zero attached hydrogens (tertiary/aromatic N) is 1. The Morgan fingerprint density at radius 1 is 1.20 bits per heavy atom. The van der Waals surface area contributed by atoms with Crippen molar-refractivity contribution in [1.82, 2.24) is 15.5 Å². The van der Waals surface area contributed by atoms with E-state index < -0.39 is 11.5 Å². The first-order valence-corrected chi connectivity index (χ1v) is 9.53. The van der Waals surface area contributed by atoms with Crippen LogP contribution in [0.1, 0.15) is 58.8 Å². The van der Waals surface area contributed by atoms with Crippen LogP contribution in [-0.4, -0.2) is 64.4 Å². The number of hydrogen-bond acceptors (Lipinski definition) is 4. The monoisotopic (exact) mass is 355 g/mol. The van der Waals surface area contributed by atoms with Gasteiger partial charge in [-0.05, 0) is 45.1 Å². The van der Waals surface area contributed by atoms with Crippen LogP contribution in [0.15, 0.2) is 0 Å². The lowest BCUT2D eigenvalue weighted by Gasteiger charge is -2.43. The Balaban J connectivity index is 1.77. The van der Waals surface area contributed by atoms with E-state index in [0.29, 0.717) is 12.5 Å². The molecule has 2 aliphatic carbocycles. The van der Waals surface area contributed by atoms with Crippen LogP contribution in [0.4, 0.5) is 4.79 Å². The molecule has 0 aliphatic heterocycles. The molecule has 2 rings (SSSR count). The number of amides is 2. The number of carbonyl (C=O) groups excluding carboxylic acids is 1. The fourth-order valence-electron chi connectivity index (χ4n) is 4.17. The minimum atomic E-state index is -0.817. The van der Waals surface area contributed by atoms with Crippen LogP contribution in [-0.2, 0) is 4.79 Å². The van der Waals surface area contributed by atoms with E-state index in [1.807, 2.05) is 18.7 Å². The molecule has 1 unspecified atom stereocenters. The van der Waals surface area contributed by atoms with E-state index in [4.69, 9.17) is 5.11 Å². The molecule has 7 heteroatoms. The number of aliphatic carboxylic acids is 1. The third-order valence-electron chi connectivity index (χ3n) is 5.94. The van der Waals surface area contributed by atoms with Crippen LogP contribution in [0.2, 0.25) is 0 Å². The van der Waals surface area contributed by atoms with Gasteiger partial charge in [-0.2, -0.15) is 0 Å². The van der Waals surface area contributed by atoms with Gasteiger partial charge >= 0.3 is 12.0 Å². The van der Waals surface area contributed by atoms with Crippen LogP contribution >= 0.6 is 0 Å². The number of aliphatic hydroxyl groups excluding tert-OH is 1. The van der Waals surface area contributed by atoms with Gasteiger partial charge < -0.3 is 20.8 Å². The quantitative estimate of drug-likeness (QED) is 0.529. The van der Waals surface area contributed by atoms with E-state index in [1.54, 1.807) is 0 Å². The minimum Gasteiger partial charge on any atom is -0.480 e. The second-order valence-electron chi connectivity index (χ2n) is 7.79. The SMILES string of the molecule is CCN(CC(=O)O)C1CC(NC(=O)NC(C)(CO)C2CCCCC2)C1. The van der Waals surface area contributed by atoms with Crippen molar-refractivity contribution in [2.75, 3.05) is 19.7 Å². The van der Waals surface area contributed by atoms with E-state index in [1.165, 1.54) is 6.42 Å². The highest BCUT2D eigenvalue weighted by Crippen LogP contribution is 2.32. The smallest absolute Gasteiger partial charge is 0.317 e. The maximum absolute atomic E-state index is 12.3. The Labute approximate surface area is 150 Å². The van der Waals surface area contributed by atoms with Crippen molar-refractivity contribution in [3.63, 3.8) is 0 Å². The molecule has 1 atom stereocenters. The van der Waals surface area contributed by atoms with Gasteiger partial charge in [0.15, 0.2) is 0 Å². The minimum absolute atomic E-state index is 0.0460. The molecular weight excluding hydrogens is 322 g/mol. The number of carbonyl (C=O) groups is 2. The molecule has 0 aromatic rings. The van der Waals surface area contributed by atoms with E-state index in [9.17, 15) is 14.7 Å². The second-order valence-corrected chi connectivity index (χ2v) is 7.79. The lowest BCUT2D eigenvalue weighted by atomic mass is 9.76. The lowest BCUT2D eigenvalue weighted by molar-refractivity contribution is -0.139. The van der Waals surface area contributed by atoms with Crippen molar-refractivity contribution in [3.05, 3.63) is 0 Å². The molecule has 0 saturated heterocycles. The van der Waals surface area contributed by atoms with Gasteiger partial charge in [0.25, 0.3) is 0 Å². The molecule has 4 N–H and O–H groups in total. The topological polar surface area (TPSA) is 102 Å². The molecular formula is C18H33N3O4. The first kappa shape index (κ1) is 20.0. The molecule has 0 radical (unpaired) electrons. The zero-order chi connectivity index (χ0) is 18.4. The molecule has 7 nitrogen and oxygen atoms in total. The molecule has 0 aromatic heterocycles. The Morgan fingerprint density at radius 2 is 1.84 bits per heavy atom. The summed E-state index contributed by atoms with van der Waals surface area (Å²) in [6, 6.07) is 0.0583. The molecule has 2 aliphatic rings. The fraction of sp³-hybridized carbons (Fsp3) is 0.889. The average Bonchev–Trinajstić information content (AvgIpc) is 2.56. The van der Waals surface area contributed by atoms with Crippen molar-refractivity contribution >= 4 is 12.0 Å². The largest absolute Gasteiger partial charge is 0.480 e. The summed E-state index contributed by atoms with van der Waals surface area (Å²) < 4.78 is 0. The number of carboxylic acids is 1. The van der Waals surface area contributed by atoms with Gasteiger partial charge in [0.1, 0.15) is 0 Å². The van der Waals surface area contributed by atoms with E-state index in [-0.39, 0.29) is 31.3 Å². The highest BCUT2D eigenvalue weighted by Gasteiger charge is 2.38. The number of likely N-dealkylation sites (N-methyl/N-ethyl adjacent to an activating group) is 1. The van der Waals surface area contributed by atoms with E-state index in [2.05, 4.69) is 10.6 Å². The van der Waals surface area contributed by atoms with Crippen molar-refractivity contribution in [3.8, 4) is 0 Å². The van der Waals surface area contributed by atoms with Crippen LogP contribution in [0.25, 0.3) is 0 Å². The fourth-order valence-corrected chi connectivity index (χ4v) is 4.17. The number of carboxylic acid groups (broad SMARTS) is 1. The van der Waals surface area contributed by atoms with Gasteiger partial charge in [-0.15, -0.1) is 0 Å². The second kappa shape index (κ2) is 8.85. The van der Waals surface area contributed by atoms with Gasteiger partial charge in [-0.25, -0.2) is 4.79 Å². The predicted octanol–water partition coefficient (Wildman–Crippen LogP) is 1.55. The molecule has 0 heterocycles. The number of urea groups is 1. The summed E-state index contributed by atoms with van der Waals surface area (Å²) in [5.41, 5.74) is -0.577. The van der Waals surface area contributed by atoms with Gasteiger partial charge in [0, 0.05) is 12.1 Å².